The largest absolute Gasteiger partial charge is 0.494 e. The number of ether oxygens (including phenoxy) is 1. The van der Waals surface area contributed by atoms with Crippen LogP contribution < -0.4 is 15.4 Å². The topological polar surface area (TPSA) is 56.8 Å². The number of amides is 2. The summed E-state index contributed by atoms with van der Waals surface area (Å²) in [6, 6.07) is 15.5. The van der Waals surface area contributed by atoms with Crippen LogP contribution in [0.15, 0.2) is 48.5 Å². The molecule has 2 N–H and O–H groups in total. The van der Waals surface area contributed by atoms with Crippen LogP contribution in [0.4, 0.5) is 10.5 Å². The maximum Gasteiger partial charge on any atom is 0.319 e. The molecule has 178 valence electrons. The molecule has 2 aliphatic rings. The number of carbonyl (C=O) groups is 1. The van der Waals surface area contributed by atoms with Gasteiger partial charge in [0.05, 0.1) is 6.61 Å². The highest BCUT2D eigenvalue weighted by Gasteiger charge is 2.23. The van der Waals surface area contributed by atoms with Gasteiger partial charge in [-0.3, -0.25) is 4.90 Å². The summed E-state index contributed by atoms with van der Waals surface area (Å²) in [5, 5.41) is 6.59. The van der Waals surface area contributed by atoms with Crippen molar-refractivity contribution in [3.8, 4) is 5.75 Å². The van der Waals surface area contributed by atoms with Crippen LogP contribution in [-0.4, -0.2) is 61.2 Å². The summed E-state index contributed by atoms with van der Waals surface area (Å²) in [6.45, 7) is 7.10. The van der Waals surface area contributed by atoms with Crippen LogP contribution >= 0.6 is 11.6 Å². The molecule has 2 aliphatic heterocycles. The normalized spacial score (nSPS) is 19.4. The van der Waals surface area contributed by atoms with Gasteiger partial charge in [-0.15, -0.1) is 0 Å². The molecule has 33 heavy (non-hydrogen) atoms. The SMILES string of the molecule is O=C(Nc1ccc(Cl)cc1)N[C@H]1CCN(Cc2ccc(OCCCN3CCCCC3)cc2)C1. The molecule has 0 unspecified atom stereocenters. The Kier molecular flexibility index (Phi) is 8.86. The van der Waals surface area contributed by atoms with E-state index in [2.05, 4.69) is 44.7 Å². The highest BCUT2D eigenvalue weighted by molar-refractivity contribution is 6.30. The number of hydrogen-bond donors (Lipinski definition) is 2. The number of nitrogens with zero attached hydrogens (tertiary/aromatic N) is 2. The van der Waals surface area contributed by atoms with Crippen LogP contribution in [0.2, 0.25) is 5.02 Å². The molecule has 1 atom stereocenters. The number of anilines is 1. The first kappa shape index (κ1) is 23.9. The molecule has 6 nitrogen and oxygen atoms in total. The molecular formula is C26H35ClN4O2. The molecular weight excluding hydrogens is 436 g/mol. The van der Waals surface area contributed by atoms with Gasteiger partial charge in [0.1, 0.15) is 5.75 Å². The number of hydrogen-bond acceptors (Lipinski definition) is 4. The summed E-state index contributed by atoms with van der Waals surface area (Å²) < 4.78 is 5.94. The molecule has 0 aromatic heterocycles. The summed E-state index contributed by atoms with van der Waals surface area (Å²) in [7, 11) is 0. The number of nitrogens with one attached hydrogen (secondary N) is 2. The van der Waals surface area contributed by atoms with Crippen LogP contribution in [0.1, 0.15) is 37.7 Å². The molecule has 4 rings (SSSR count). The van der Waals surface area contributed by atoms with Crippen molar-refractivity contribution in [2.24, 2.45) is 0 Å². The average Bonchev–Trinajstić information content (AvgIpc) is 3.26. The van der Waals surface area contributed by atoms with Gasteiger partial charge in [-0.05, 0) is 80.7 Å². The molecule has 0 radical (unpaired) electrons. The van der Waals surface area contributed by atoms with Gasteiger partial charge < -0.3 is 20.3 Å². The molecule has 2 aromatic rings. The Labute approximate surface area is 202 Å². The van der Waals surface area contributed by atoms with Gasteiger partial charge in [-0.25, -0.2) is 4.79 Å². The van der Waals surface area contributed by atoms with Crippen molar-refractivity contribution in [3.05, 3.63) is 59.1 Å². The summed E-state index contributed by atoms with van der Waals surface area (Å²) >= 11 is 5.89. The van der Waals surface area contributed by atoms with Crippen molar-refractivity contribution in [1.82, 2.24) is 15.1 Å². The minimum atomic E-state index is -0.175. The molecule has 0 aliphatic carbocycles. The summed E-state index contributed by atoms with van der Waals surface area (Å²) in [4.78, 5) is 17.2. The first-order chi connectivity index (χ1) is 16.1. The Morgan fingerprint density at radius 3 is 2.48 bits per heavy atom. The number of halogens is 1. The van der Waals surface area contributed by atoms with Crippen LogP contribution in [0.5, 0.6) is 5.75 Å². The lowest BCUT2D eigenvalue weighted by Crippen LogP contribution is -2.39. The summed E-state index contributed by atoms with van der Waals surface area (Å²) in [5.74, 6) is 0.942. The van der Waals surface area contributed by atoms with E-state index in [0.29, 0.717) is 5.02 Å². The van der Waals surface area contributed by atoms with Gasteiger partial charge in [-0.2, -0.15) is 0 Å². The van der Waals surface area contributed by atoms with Crippen molar-refractivity contribution in [1.29, 1.82) is 0 Å². The second kappa shape index (κ2) is 12.3. The standard InChI is InChI=1S/C26H35ClN4O2/c27-22-7-9-23(10-8-22)28-26(32)29-24-13-17-31(20-24)19-21-5-11-25(12-6-21)33-18-4-16-30-14-2-1-3-15-30/h5-12,24H,1-4,13-20H2,(H2,28,29,32)/t24-/m0/s1. The van der Waals surface area contributed by atoms with Crippen LogP contribution in [0.25, 0.3) is 0 Å². The van der Waals surface area contributed by atoms with E-state index >= 15 is 0 Å². The number of rotatable bonds is 9. The van der Waals surface area contributed by atoms with Gasteiger partial charge >= 0.3 is 6.03 Å². The predicted molar refractivity (Wildman–Crippen MR) is 134 cm³/mol. The van der Waals surface area contributed by atoms with E-state index in [1.807, 2.05) is 0 Å². The van der Waals surface area contributed by atoms with Crippen molar-refractivity contribution in [3.63, 3.8) is 0 Å². The van der Waals surface area contributed by atoms with Crippen LogP contribution in [0, 0.1) is 0 Å². The monoisotopic (exact) mass is 470 g/mol. The predicted octanol–water partition coefficient (Wildman–Crippen LogP) is 4.99. The van der Waals surface area contributed by atoms with Crippen molar-refractivity contribution in [2.75, 3.05) is 44.6 Å². The Balaban J connectivity index is 1.13. The van der Waals surface area contributed by atoms with Gasteiger partial charge in [0.15, 0.2) is 0 Å². The first-order valence-electron chi connectivity index (χ1n) is 12.1. The highest BCUT2D eigenvalue weighted by Crippen LogP contribution is 2.18. The average molecular weight is 471 g/mol. The van der Waals surface area contributed by atoms with Gasteiger partial charge in [0, 0.05) is 42.9 Å². The molecule has 0 spiro atoms. The minimum Gasteiger partial charge on any atom is -0.494 e. The lowest BCUT2D eigenvalue weighted by Gasteiger charge is -2.26. The third kappa shape index (κ3) is 7.91. The fourth-order valence-corrected chi connectivity index (χ4v) is 4.72. The maximum atomic E-state index is 12.3. The van der Waals surface area contributed by atoms with Gasteiger partial charge in [-0.1, -0.05) is 30.2 Å². The smallest absolute Gasteiger partial charge is 0.319 e. The number of likely N-dealkylation sites (tertiary alicyclic amines) is 2. The summed E-state index contributed by atoms with van der Waals surface area (Å²) in [6.07, 6.45) is 6.09. The minimum absolute atomic E-state index is 0.153. The summed E-state index contributed by atoms with van der Waals surface area (Å²) in [5.41, 5.74) is 2.00. The molecule has 2 aromatic carbocycles. The lowest BCUT2D eigenvalue weighted by atomic mass is 10.1. The number of benzene rings is 2. The second-order valence-electron chi connectivity index (χ2n) is 9.07. The van der Waals surface area contributed by atoms with E-state index in [1.54, 1.807) is 24.3 Å². The zero-order valence-electron chi connectivity index (χ0n) is 19.3. The van der Waals surface area contributed by atoms with Crippen LogP contribution in [0.3, 0.4) is 0 Å². The Bertz CT molecular complexity index is 869. The van der Waals surface area contributed by atoms with Crippen LogP contribution in [-0.2, 0) is 6.54 Å². The van der Waals surface area contributed by atoms with Crippen molar-refractivity contribution in [2.45, 2.75) is 44.7 Å². The van der Waals surface area contributed by atoms with E-state index in [1.165, 1.54) is 37.9 Å². The maximum absolute atomic E-state index is 12.3. The third-order valence-corrected chi connectivity index (χ3v) is 6.63. The quantitative estimate of drug-likeness (QED) is 0.507. The van der Waals surface area contributed by atoms with Crippen molar-refractivity contribution >= 4 is 23.3 Å². The molecule has 0 bridgehead atoms. The number of piperidine rings is 1. The molecule has 0 saturated carbocycles. The number of urea groups is 1. The second-order valence-corrected chi connectivity index (χ2v) is 9.51. The zero-order valence-corrected chi connectivity index (χ0v) is 20.0. The zero-order chi connectivity index (χ0) is 22.9. The lowest BCUT2D eigenvalue weighted by molar-refractivity contribution is 0.205. The first-order valence-corrected chi connectivity index (χ1v) is 12.5. The third-order valence-electron chi connectivity index (χ3n) is 6.38. The fourth-order valence-electron chi connectivity index (χ4n) is 4.59. The fraction of sp³-hybridized carbons (Fsp3) is 0.500. The molecule has 2 saturated heterocycles. The van der Waals surface area contributed by atoms with E-state index in [0.717, 1.165) is 57.1 Å². The molecule has 7 heteroatoms. The Morgan fingerprint density at radius 1 is 0.970 bits per heavy atom. The Morgan fingerprint density at radius 2 is 1.73 bits per heavy atom. The molecule has 2 amide bonds. The number of carbonyl (C=O) groups excluding carboxylic acids is 1. The van der Waals surface area contributed by atoms with Crippen molar-refractivity contribution < 1.29 is 9.53 Å². The van der Waals surface area contributed by atoms with E-state index < -0.39 is 0 Å². The van der Waals surface area contributed by atoms with E-state index in [9.17, 15) is 4.79 Å². The van der Waals surface area contributed by atoms with Gasteiger partial charge in [0.25, 0.3) is 0 Å². The molecule has 2 heterocycles. The highest BCUT2D eigenvalue weighted by atomic mass is 35.5. The van der Waals surface area contributed by atoms with Gasteiger partial charge in [0.2, 0.25) is 0 Å². The Hall–Kier alpha value is -2.28. The molecule has 2 fully saturated rings. The van der Waals surface area contributed by atoms with E-state index in [4.69, 9.17) is 16.3 Å². The van der Waals surface area contributed by atoms with E-state index in [-0.39, 0.29) is 12.1 Å².